The summed E-state index contributed by atoms with van der Waals surface area (Å²) in [6.45, 7) is 0. The van der Waals surface area contributed by atoms with Crippen molar-refractivity contribution in [3.05, 3.63) is 200 Å². The molecule has 1 aromatic heterocycles. The van der Waals surface area contributed by atoms with E-state index in [0.717, 1.165) is 17.1 Å². The second-order valence-corrected chi connectivity index (χ2v) is 13.7. The molecule has 0 fully saturated rings. The Hall–Kier alpha value is -6.22. The molecule has 1 nitrogen and oxygen atoms in total. The lowest BCUT2D eigenvalue weighted by Crippen LogP contribution is -2.09. The lowest BCUT2D eigenvalue weighted by Gasteiger charge is -2.26. The van der Waals surface area contributed by atoms with Gasteiger partial charge in [-0.25, -0.2) is 0 Å². The van der Waals surface area contributed by atoms with E-state index < -0.39 is 0 Å². The summed E-state index contributed by atoms with van der Waals surface area (Å²) >= 11 is 1.84. The molecule has 1 heterocycles. The minimum Gasteiger partial charge on any atom is -0.311 e. The van der Waals surface area contributed by atoms with E-state index in [9.17, 15) is 0 Å². The molecule has 0 aliphatic heterocycles. The summed E-state index contributed by atoms with van der Waals surface area (Å²) in [4.78, 5) is 3.63. The maximum Gasteiger partial charge on any atom is 0.0462 e. The predicted octanol–water partition coefficient (Wildman–Crippen LogP) is 14.2. The molecule has 0 radical (unpaired) electrons. The molecule has 0 saturated heterocycles. The zero-order chi connectivity index (χ0) is 33.3. The summed E-state index contributed by atoms with van der Waals surface area (Å²) in [5, 5.41) is 3.82. The van der Waals surface area contributed by atoms with Crippen LogP contribution in [0.4, 0.5) is 17.1 Å². The van der Waals surface area contributed by atoms with Gasteiger partial charge in [-0.05, 0) is 110 Å². The molecule has 8 aromatic carbocycles. The Morgan fingerprint density at radius 3 is 1.28 bits per heavy atom. The number of thiophene rings is 1. The number of benzene rings is 8. The molecule has 0 amide bonds. The van der Waals surface area contributed by atoms with E-state index in [2.05, 4.69) is 205 Å². The first-order chi connectivity index (χ1) is 24.7. The van der Waals surface area contributed by atoms with Crippen LogP contribution in [0, 0.1) is 0 Å². The van der Waals surface area contributed by atoms with E-state index in [0.29, 0.717) is 0 Å². The van der Waals surface area contributed by atoms with E-state index in [4.69, 9.17) is 0 Å². The third-order valence-corrected chi connectivity index (χ3v) is 10.7. The van der Waals surface area contributed by atoms with Crippen LogP contribution >= 0.6 is 11.3 Å². The molecule has 0 aliphatic carbocycles. The van der Waals surface area contributed by atoms with Gasteiger partial charge in [0.15, 0.2) is 0 Å². The maximum absolute atomic E-state index is 2.34. The minimum atomic E-state index is 1.11. The molecule has 9 aromatic rings. The van der Waals surface area contributed by atoms with Crippen LogP contribution in [-0.2, 0) is 0 Å². The van der Waals surface area contributed by atoms with Gasteiger partial charge in [0.1, 0.15) is 0 Å². The number of anilines is 3. The quantitative estimate of drug-likeness (QED) is 0.165. The van der Waals surface area contributed by atoms with Crippen LogP contribution in [0.1, 0.15) is 0 Å². The van der Waals surface area contributed by atoms with E-state index in [-0.39, 0.29) is 0 Å². The molecule has 236 valence electrons. The van der Waals surface area contributed by atoms with Gasteiger partial charge in [0.2, 0.25) is 0 Å². The molecule has 0 unspecified atom stereocenters. The number of hydrogen-bond acceptors (Lipinski definition) is 2. The van der Waals surface area contributed by atoms with Crippen molar-refractivity contribution in [2.24, 2.45) is 0 Å². The zero-order valence-electron chi connectivity index (χ0n) is 27.4. The Balaban J connectivity index is 1.03. The molecule has 0 bridgehead atoms. The molecule has 0 atom stereocenters. The van der Waals surface area contributed by atoms with Crippen LogP contribution in [0.15, 0.2) is 200 Å². The van der Waals surface area contributed by atoms with Gasteiger partial charge in [0.05, 0.1) is 0 Å². The summed E-state index contributed by atoms with van der Waals surface area (Å²) in [5.74, 6) is 0. The van der Waals surface area contributed by atoms with Crippen molar-refractivity contribution >= 4 is 49.3 Å². The van der Waals surface area contributed by atoms with E-state index in [1.807, 2.05) is 11.3 Å². The molecule has 2 heteroatoms. The minimum absolute atomic E-state index is 1.11. The van der Waals surface area contributed by atoms with Gasteiger partial charge < -0.3 is 4.90 Å². The fraction of sp³-hybridized carbons (Fsp3) is 0. The predicted molar refractivity (Wildman–Crippen MR) is 216 cm³/mol. The standard InChI is InChI=1S/C48H33NS/c1-2-8-34(9-3-1)37-20-26-44(27-21-37)49(46-30-24-40(25-31-46)48-33-43-12-6-7-13-47(43)50-48)45-28-22-38(23-29-45)36-14-16-39(17-15-36)42-19-18-35-10-4-5-11-41(35)32-42/h1-33H. The van der Waals surface area contributed by atoms with Crippen molar-refractivity contribution in [3.63, 3.8) is 0 Å². The van der Waals surface area contributed by atoms with Gasteiger partial charge in [-0.2, -0.15) is 0 Å². The van der Waals surface area contributed by atoms with E-state index in [1.54, 1.807) is 0 Å². The Kier molecular flexibility index (Phi) is 7.77. The van der Waals surface area contributed by atoms with Crippen LogP contribution in [0.25, 0.3) is 64.7 Å². The highest BCUT2D eigenvalue weighted by atomic mass is 32.1. The van der Waals surface area contributed by atoms with Crippen molar-refractivity contribution < 1.29 is 0 Å². The Morgan fingerprint density at radius 1 is 0.280 bits per heavy atom. The molecule has 9 rings (SSSR count). The maximum atomic E-state index is 2.34. The van der Waals surface area contributed by atoms with E-state index in [1.165, 1.54) is 64.7 Å². The third kappa shape index (κ3) is 5.87. The number of rotatable bonds is 7. The van der Waals surface area contributed by atoms with Gasteiger partial charge in [0.25, 0.3) is 0 Å². The highest BCUT2D eigenvalue weighted by Gasteiger charge is 2.14. The highest BCUT2D eigenvalue weighted by molar-refractivity contribution is 7.22. The van der Waals surface area contributed by atoms with Crippen LogP contribution in [0.2, 0.25) is 0 Å². The number of hydrogen-bond donors (Lipinski definition) is 0. The second-order valence-electron chi connectivity index (χ2n) is 12.6. The van der Waals surface area contributed by atoms with Crippen molar-refractivity contribution in [1.29, 1.82) is 0 Å². The Labute approximate surface area is 297 Å². The van der Waals surface area contributed by atoms with Crippen molar-refractivity contribution in [1.82, 2.24) is 0 Å². The molecular formula is C48H33NS. The average Bonchev–Trinajstić information content (AvgIpc) is 3.64. The number of nitrogens with zero attached hydrogens (tertiary/aromatic N) is 1. The van der Waals surface area contributed by atoms with Crippen LogP contribution in [-0.4, -0.2) is 0 Å². The summed E-state index contributed by atoms with van der Waals surface area (Å²) < 4.78 is 1.31. The van der Waals surface area contributed by atoms with Crippen LogP contribution in [0.5, 0.6) is 0 Å². The summed E-state index contributed by atoms with van der Waals surface area (Å²) in [7, 11) is 0. The topological polar surface area (TPSA) is 3.24 Å². The molecule has 0 spiro atoms. The average molecular weight is 656 g/mol. The Bertz CT molecular complexity index is 2510. The first-order valence-corrected chi connectivity index (χ1v) is 17.8. The smallest absolute Gasteiger partial charge is 0.0462 e. The first-order valence-electron chi connectivity index (χ1n) is 17.0. The fourth-order valence-corrected chi connectivity index (χ4v) is 7.87. The monoisotopic (exact) mass is 655 g/mol. The normalized spacial score (nSPS) is 11.2. The van der Waals surface area contributed by atoms with Crippen molar-refractivity contribution in [2.45, 2.75) is 0 Å². The van der Waals surface area contributed by atoms with E-state index >= 15 is 0 Å². The molecule has 0 N–H and O–H groups in total. The van der Waals surface area contributed by atoms with Crippen LogP contribution < -0.4 is 4.90 Å². The molecule has 0 aliphatic rings. The van der Waals surface area contributed by atoms with Gasteiger partial charge in [-0.15, -0.1) is 11.3 Å². The third-order valence-electron chi connectivity index (χ3n) is 9.49. The second kappa shape index (κ2) is 13.0. The fourth-order valence-electron chi connectivity index (χ4n) is 6.81. The van der Waals surface area contributed by atoms with Gasteiger partial charge >= 0.3 is 0 Å². The van der Waals surface area contributed by atoms with Gasteiger partial charge in [0, 0.05) is 26.6 Å². The summed E-state index contributed by atoms with van der Waals surface area (Å²) in [6, 6.07) is 72.4. The van der Waals surface area contributed by atoms with Crippen molar-refractivity contribution in [2.75, 3.05) is 4.90 Å². The lowest BCUT2D eigenvalue weighted by molar-refractivity contribution is 1.28. The molecule has 0 saturated carbocycles. The SMILES string of the molecule is c1ccc(-c2ccc(N(c3ccc(-c4ccc(-c5ccc6ccccc6c5)cc4)cc3)c3ccc(-c4cc5ccccc5s4)cc3)cc2)cc1. The largest absolute Gasteiger partial charge is 0.311 e. The molecule has 50 heavy (non-hydrogen) atoms. The van der Waals surface area contributed by atoms with Gasteiger partial charge in [-0.3, -0.25) is 0 Å². The summed E-state index contributed by atoms with van der Waals surface area (Å²) in [6.07, 6.45) is 0. The van der Waals surface area contributed by atoms with Crippen molar-refractivity contribution in [3.8, 4) is 43.8 Å². The van der Waals surface area contributed by atoms with Gasteiger partial charge in [-0.1, -0.05) is 146 Å². The molecular weight excluding hydrogens is 623 g/mol. The zero-order valence-corrected chi connectivity index (χ0v) is 28.2. The summed E-state index contributed by atoms with van der Waals surface area (Å²) in [5.41, 5.74) is 11.9. The number of fused-ring (bicyclic) bond motifs is 2. The highest BCUT2D eigenvalue weighted by Crippen LogP contribution is 2.39. The first kappa shape index (κ1) is 29.9. The lowest BCUT2D eigenvalue weighted by atomic mass is 9.98. The van der Waals surface area contributed by atoms with Crippen LogP contribution in [0.3, 0.4) is 0 Å². The Morgan fingerprint density at radius 2 is 0.700 bits per heavy atom.